The molecule has 0 saturated heterocycles. The highest BCUT2D eigenvalue weighted by atomic mass is 31.2. The molecule has 0 N–H and O–H groups in total. The summed E-state index contributed by atoms with van der Waals surface area (Å²) in [6, 6.07) is 8.92. The first-order valence-corrected chi connectivity index (χ1v) is 9.01. The highest BCUT2D eigenvalue weighted by Crippen LogP contribution is 2.53. The number of rotatable bonds is 3. The Morgan fingerprint density at radius 3 is 1.62 bits per heavy atom. The molecule has 2 aromatic carbocycles. The van der Waals surface area contributed by atoms with Crippen molar-refractivity contribution in [3.8, 4) is 0 Å². The van der Waals surface area contributed by atoms with Gasteiger partial charge in [-0.25, -0.2) is 22.0 Å². The van der Waals surface area contributed by atoms with Gasteiger partial charge in [-0.1, -0.05) is 18.2 Å². The van der Waals surface area contributed by atoms with E-state index >= 15 is 0 Å². The van der Waals surface area contributed by atoms with Gasteiger partial charge in [0.2, 0.25) is 5.82 Å². The minimum Gasteiger partial charge on any atom is -0.203 e. The van der Waals surface area contributed by atoms with Gasteiger partial charge in [0.1, 0.15) is 0 Å². The second kappa shape index (κ2) is 5.72. The lowest BCUT2D eigenvalue weighted by Crippen LogP contribution is -2.14. The van der Waals surface area contributed by atoms with Crippen LogP contribution in [0.25, 0.3) is 0 Å². The standard InChI is InChI=1S/C15H13F5P/c1-21(2,9-6-4-3-5-7-9)8-10-11(16)13(18)15(20)14(19)12(10)17/h3-7H,8H2,1-2H3/q+1. The molecule has 112 valence electrons. The Labute approximate surface area is 119 Å². The number of halogens is 5. The molecule has 0 amide bonds. The van der Waals surface area contributed by atoms with Gasteiger partial charge in [0, 0.05) is 7.26 Å². The van der Waals surface area contributed by atoms with Crippen molar-refractivity contribution in [3.05, 3.63) is 65.0 Å². The van der Waals surface area contributed by atoms with Gasteiger partial charge in [-0.05, 0) is 12.1 Å². The van der Waals surface area contributed by atoms with E-state index in [1.165, 1.54) is 0 Å². The van der Waals surface area contributed by atoms with Gasteiger partial charge in [-0.15, -0.1) is 0 Å². The highest BCUT2D eigenvalue weighted by Gasteiger charge is 2.35. The van der Waals surface area contributed by atoms with Crippen molar-refractivity contribution in [2.24, 2.45) is 0 Å². The molecule has 2 rings (SSSR count). The molecule has 0 aliphatic heterocycles. The van der Waals surface area contributed by atoms with Crippen molar-refractivity contribution >= 4 is 12.6 Å². The first-order valence-electron chi connectivity index (χ1n) is 6.14. The molecule has 0 spiro atoms. The van der Waals surface area contributed by atoms with Gasteiger partial charge < -0.3 is 0 Å². The molecule has 0 nitrogen and oxygen atoms in total. The van der Waals surface area contributed by atoms with Gasteiger partial charge in [-0.2, -0.15) is 0 Å². The Bertz CT molecular complexity index is 639. The third-order valence-corrected chi connectivity index (χ3v) is 6.11. The van der Waals surface area contributed by atoms with E-state index in [4.69, 9.17) is 0 Å². The first kappa shape index (κ1) is 15.9. The summed E-state index contributed by atoms with van der Waals surface area (Å²) in [5.74, 6) is -9.38. The quantitative estimate of drug-likeness (QED) is 0.338. The average molecular weight is 319 g/mol. The Hall–Kier alpha value is -1.48. The monoisotopic (exact) mass is 319 g/mol. The summed E-state index contributed by atoms with van der Waals surface area (Å²) in [7, 11) is -2.06. The molecule has 0 heterocycles. The molecule has 0 unspecified atom stereocenters. The molecule has 0 atom stereocenters. The van der Waals surface area contributed by atoms with Crippen LogP contribution in [-0.4, -0.2) is 13.3 Å². The maximum Gasteiger partial charge on any atom is 0.200 e. The van der Waals surface area contributed by atoms with E-state index in [9.17, 15) is 22.0 Å². The zero-order chi connectivity index (χ0) is 15.8. The van der Waals surface area contributed by atoms with E-state index in [0.717, 1.165) is 5.30 Å². The second-order valence-corrected chi connectivity index (χ2v) is 9.43. The van der Waals surface area contributed by atoms with Crippen molar-refractivity contribution in [1.82, 2.24) is 0 Å². The molecular formula is C15H13F5P+. The van der Waals surface area contributed by atoms with Crippen LogP contribution in [0, 0.1) is 29.1 Å². The maximum absolute atomic E-state index is 13.7. The summed E-state index contributed by atoms with van der Waals surface area (Å²) in [6.07, 6.45) is -0.192. The molecule has 0 aliphatic carbocycles. The van der Waals surface area contributed by atoms with Crippen molar-refractivity contribution in [3.63, 3.8) is 0 Å². The highest BCUT2D eigenvalue weighted by molar-refractivity contribution is 7.80. The van der Waals surface area contributed by atoms with Gasteiger partial charge in [0.05, 0.1) is 30.4 Å². The molecule has 0 aromatic heterocycles. The fourth-order valence-corrected chi connectivity index (χ4v) is 4.34. The van der Waals surface area contributed by atoms with Crippen LogP contribution in [0.5, 0.6) is 0 Å². The third-order valence-electron chi connectivity index (χ3n) is 3.31. The van der Waals surface area contributed by atoms with E-state index < -0.39 is 41.9 Å². The van der Waals surface area contributed by atoms with Crippen molar-refractivity contribution in [2.75, 3.05) is 13.3 Å². The van der Waals surface area contributed by atoms with Crippen molar-refractivity contribution < 1.29 is 22.0 Å². The summed E-state index contributed by atoms with van der Waals surface area (Å²) >= 11 is 0. The largest absolute Gasteiger partial charge is 0.203 e. The van der Waals surface area contributed by atoms with Gasteiger partial charge >= 0.3 is 0 Å². The zero-order valence-corrected chi connectivity index (χ0v) is 12.3. The van der Waals surface area contributed by atoms with Crippen LogP contribution >= 0.6 is 7.26 Å². The lowest BCUT2D eigenvalue weighted by molar-refractivity contribution is 0.372. The summed E-state index contributed by atoms with van der Waals surface area (Å²) in [4.78, 5) is 0. The minimum absolute atomic E-state index is 0.192. The van der Waals surface area contributed by atoms with E-state index in [2.05, 4.69) is 0 Å². The predicted octanol–water partition coefficient (Wildman–Crippen LogP) is 4.48. The number of hydrogen-bond acceptors (Lipinski definition) is 0. The van der Waals surface area contributed by atoms with E-state index in [0.29, 0.717) is 0 Å². The third kappa shape index (κ3) is 2.93. The smallest absolute Gasteiger partial charge is 0.200 e. The van der Waals surface area contributed by atoms with Crippen molar-refractivity contribution in [1.29, 1.82) is 0 Å². The van der Waals surface area contributed by atoms with Gasteiger partial charge in [-0.3, -0.25) is 0 Å². The molecule has 0 fully saturated rings. The van der Waals surface area contributed by atoms with Crippen LogP contribution in [0.15, 0.2) is 30.3 Å². The van der Waals surface area contributed by atoms with Crippen molar-refractivity contribution in [2.45, 2.75) is 6.16 Å². The maximum atomic E-state index is 13.7. The Morgan fingerprint density at radius 2 is 1.14 bits per heavy atom. The van der Waals surface area contributed by atoms with Crippen LogP contribution in [0.2, 0.25) is 0 Å². The number of benzene rings is 2. The topological polar surface area (TPSA) is 0 Å². The van der Waals surface area contributed by atoms with E-state index in [-0.39, 0.29) is 6.16 Å². The first-order chi connectivity index (χ1) is 9.75. The van der Waals surface area contributed by atoms with E-state index in [1.54, 1.807) is 43.7 Å². The summed E-state index contributed by atoms with van der Waals surface area (Å²) in [6.45, 7) is 3.58. The van der Waals surface area contributed by atoms with Crippen LogP contribution in [-0.2, 0) is 6.16 Å². The predicted molar refractivity (Wildman–Crippen MR) is 74.8 cm³/mol. The Morgan fingerprint density at radius 1 is 0.714 bits per heavy atom. The minimum atomic E-state index is -2.12. The van der Waals surface area contributed by atoms with Gasteiger partial charge in [0.15, 0.2) is 23.3 Å². The van der Waals surface area contributed by atoms with Crippen LogP contribution < -0.4 is 5.30 Å². The lowest BCUT2D eigenvalue weighted by Gasteiger charge is -2.19. The molecule has 6 heteroatoms. The van der Waals surface area contributed by atoms with E-state index in [1.807, 2.05) is 0 Å². The lowest BCUT2D eigenvalue weighted by atomic mass is 10.2. The van der Waals surface area contributed by atoms with Crippen LogP contribution in [0.1, 0.15) is 5.56 Å². The molecule has 2 aromatic rings. The SMILES string of the molecule is C[P+](C)(Cc1c(F)c(F)c(F)c(F)c1F)c1ccccc1. The summed E-state index contributed by atoms with van der Waals surface area (Å²) < 4.78 is 67.0. The Kier molecular flexibility index (Phi) is 4.33. The normalized spacial score (nSPS) is 11.8. The molecular weight excluding hydrogens is 306 g/mol. The summed E-state index contributed by atoms with van der Waals surface area (Å²) in [5.41, 5.74) is -0.742. The molecule has 0 saturated carbocycles. The summed E-state index contributed by atoms with van der Waals surface area (Å²) in [5, 5.41) is 0.856. The number of hydrogen-bond donors (Lipinski definition) is 0. The fraction of sp³-hybridized carbons (Fsp3) is 0.200. The molecule has 21 heavy (non-hydrogen) atoms. The molecule has 0 aliphatic rings. The Balaban J connectivity index is 2.50. The average Bonchev–Trinajstić information content (AvgIpc) is 2.48. The zero-order valence-electron chi connectivity index (χ0n) is 11.4. The van der Waals surface area contributed by atoms with Crippen LogP contribution in [0.4, 0.5) is 22.0 Å². The fourth-order valence-electron chi connectivity index (χ4n) is 2.11. The van der Waals surface area contributed by atoms with Crippen LogP contribution in [0.3, 0.4) is 0 Å². The van der Waals surface area contributed by atoms with Gasteiger partial charge in [0.25, 0.3) is 0 Å². The second-order valence-electron chi connectivity index (χ2n) is 5.23. The molecule has 0 radical (unpaired) electrons. The molecule has 0 bridgehead atoms.